The highest BCUT2D eigenvalue weighted by Gasteiger charge is 2.30. The average molecular weight is 286 g/mol. The lowest BCUT2D eigenvalue weighted by atomic mass is 9.99. The van der Waals surface area contributed by atoms with Gasteiger partial charge in [0.2, 0.25) is 0 Å². The lowest BCUT2D eigenvalue weighted by Crippen LogP contribution is -2.37. The van der Waals surface area contributed by atoms with Crippen LogP contribution in [0.4, 0.5) is 0 Å². The van der Waals surface area contributed by atoms with Crippen molar-refractivity contribution in [3.8, 4) is 0 Å². The molecule has 0 aromatic carbocycles. The molecule has 1 aliphatic rings. The van der Waals surface area contributed by atoms with Crippen molar-refractivity contribution in [1.82, 2.24) is 15.1 Å². The van der Waals surface area contributed by atoms with Crippen molar-refractivity contribution in [2.75, 3.05) is 13.2 Å². The van der Waals surface area contributed by atoms with E-state index in [-0.39, 0.29) is 12.1 Å². The van der Waals surface area contributed by atoms with E-state index < -0.39 is 0 Å². The molecule has 1 saturated heterocycles. The molecule has 0 saturated carbocycles. The summed E-state index contributed by atoms with van der Waals surface area (Å²) in [7, 11) is 0. The quantitative estimate of drug-likeness (QED) is 0.902. The van der Waals surface area contributed by atoms with Gasteiger partial charge < -0.3 is 10.1 Å². The second-order valence-corrected chi connectivity index (χ2v) is 5.76. The van der Waals surface area contributed by atoms with E-state index in [0.29, 0.717) is 6.04 Å². The van der Waals surface area contributed by atoms with Crippen LogP contribution in [0.2, 0.25) is 5.02 Å². The van der Waals surface area contributed by atoms with Gasteiger partial charge >= 0.3 is 0 Å². The predicted octanol–water partition coefficient (Wildman–Crippen LogP) is 3.34. The highest BCUT2D eigenvalue weighted by atomic mass is 35.5. The molecule has 5 heteroatoms. The van der Waals surface area contributed by atoms with Crippen LogP contribution < -0.4 is 5.32 Å². The van der Waals surface area contributed by atoms with E-state index in [1.807, 2.05) is 4.68 Å². The van der Waals surface area contributed by atoms with Crippen LogP contribution in [-0.2, 0) is 4.74 Å². The predicted molar refractivity (Wildman–Crippen MR) is 77.6 cm³/mol. The zero-order valence-corrected chi connectivity index (χ0v) is 12.8. The lowest BCUT2D eigenvalue weighted by molar-refractivity contribution is -0.00984. The van der Waals surface area contributed by atoms with Crippen molar-refractivity contribution in [3.63, 3.8) is 0 Å². The SMILES string of the molecule is CCNC(c1c(Cl)cnn1C(C)C)C1CCCCO1. The molecule has 2 atom stereocenters. The van der Waals surface area contributed by atoms with E-state index in [1.54, 1.807) is 6.20 Å². The fourth-order valence-corrected chi connectivity index (χ4v) is 2.95. The monoisotopic (exact) mass is 285 g/mol. The molecule has 19 heavy (non-hydrogen) atoms. The molecule has 0 bridgehead atoms. The summed E-state index contributed by atoms with van der Waals surface area (Å²) in [4.78, 5) is 0. The Hall–Kier alpha value is -0.580. The molecular formula is C14H24ClN3O. The molecular weight excluding hydrogens is 262 g/mol. The fraction of sp³-hybridized carbons (Fsp3) is 0.786. The zero-order chi connectivity index (χ0) is 13.8. The largest absolute Gasteiger partial charge is 0.376 e. The third-order valence-corrected chi connectivity index (χ3v) is 3.87. The molecule has 2 heterocycles. The number of ether oxygens (including phenoxy) is 1. The van der Waals surface area contributed by atoms with Crippen molar-refractivity contribution in [2.24, 2.45) is 0 Å². The van der Waals surface area contributed by atoms with E-state index in [4.69, 9.17) is 16.3 Å². The summed E-state index contributed by atoms with van der Waals surface area (Å²) in [5, 5.41) is 8.65. The number of nitrogens with zero attached hydrogens (tertiary/aromatic N) is 2. The minimum Gasteiger partial charge on any atom is -0.376 e. The van der Waals surface area contributed by atoms with Gasteiger partial charge in [-0.05, 0) is 39.7 Å². The van der Waals surface area contributed by atoms with Gasteiger partial charge in [0.05, 0.1) is 29.1 Å². The topological polar surface area (TPSA) is 39.1 Å². The first-order chi connectivity index (χ1) is 9.15. The minimum absolute atomic E-state index is 0.128. The van der Waals surface area contributed by atoms with Crippen LogP contribution in [0.3, 0.4) is 0 Å². The maximum atomic E-state index is 6.36. The van der Waals surface area contributed by atoms with Crippen molar-refractivity contribution < 1.29 is 4.74 Å². The average Bonchev–Trinajstić information content (AvgIpc) is 2.79. The molecule has 0 spiro atoms. The molecule has 108 valence electrons. The Morgan fingerprint density at radius 3 is 2.89 bits per heavy atom. The first-order valence-electron chi connectivity index (χ1n) is 7.23. The molecule has 1 aromatic heterocycles. The second-order valence-electron chi connectivity index (χ2n) is 5.36. The molecule has 0 amide bonds. The summed E-state index contributed by atoms with van der Waals surface area (Å²) in [5.41, 5.74) is 1.06. The van der Waals surface area contributed by atoms with E-state index in [9.17, 15) is 0 Å². The Labute approximate surface area is 120 Å². The summed E-state index contributed by atoms with van der Waals surface area (Å²) in [6, 6.07) is 0.426. The number of nitrogens with one attached hydrogen (secondary N) is 1. The van der Waals surface area contributed by atoms with Crippen LogP contribution in [0.1, 0.15) is 57.8 Å². The smallest absolute Gasteiger partial charge is 0.0835 e. The highest BCUT2D eigenvalue weighted by molar-refractivity contribution is 6.31. The summed E-state index contributed by atoms with van der Waals surface area (Å²) < 4.78 is 7.95. The number of hydrogen-bond acceptors (Lipinski definition) is 3. The Morgan fingerprint density at radius 1 is 1.53 bits per heavy atom. The lowest BCUT2D eigenvalue weighted by Gasteiger charge is -2.32. The second kappa shape index (κ2) is 6.73. The van der Waals surface area contributed by atoms with Crippen LogP contribution >= 0.6 is 11.6 Å². The van der Waals surface area contributed by atoms with Crippen LogP contribution in [-0.4, -0.2) is 29.0 Å². The van der Waals surface area contributed by atoms with Gasteiger partial charge in [-0.15, -0.1) is 0 Å². The standard InChI is InChI=1S/C14H24ClN3O/c1-4-16-13(12-7-5-6-8-19-12)14-11(15)9-17-18(14)10(2)3/h9-10,12-13,16H,4-8H2,1-3H3. The van der Waals surface area contributed by atoms with Gasteiger partial charge in [0.25, 0.3) is 0 Å². The summed E-state index contributed by atoms with van der Waals surface area (Å²) in [6.45, 7) is 8.10. The van der Waals surface area contributed by atoms with Crippen molar-refractivity contribution >= 4 is 11.6 Å². The highest BCUT2D eigenvalue weighted by Crippen LogP contribution is 2.32. The molecule has 1 N–H and O–H groups in total. The van der Waals surface area contributed by atoms with Gasteiger partial charge in [-0.2, -0.15) is 5.10 Å². The fourth-order valence-electron chi connectivity index (χ4n) is 2.71. The maximum absolute atomic E-state index is 6.36. The molecule has 1 fully saturated rings. The van der Waals surface area contributed by atoms with Crippen LogP contribution in [0.25, 0.3) is 0 Å². The van der Waals surface area contributed by atoms with Crippen LogP contribution in [0.5, 0.6) is 0 Å². The number of halogens is 1. The van der Waals surface area contributed by atoms with E-state index in [2.05, 4.69) is 31.2 Å². The van der Waals surface area contributed by atoms with Crippen LogP contribution in [0, 0.1) is 0 Å². The van der Waals surface area contributed by atoms with Gasteiger partial charge in [0, 0.05) is 12.6 Å². The molecule has 2 rings (SSSR count). The number of likely N-dealkylation sites (N-methyl/N-ethyl adjacent to an activating group) is 1. The number of rotatable bonds is 5. The van der Waals surface area contributed by atoms with Gasteiger partial charge in [0.15, 0.2) is 0 Å². The van der Waals surface area contributed by atoms with Gasteiger partial charge in [-0.25, -0.2) is 0 Å². The van der Waals surface area contributed by atoms with Crippen molar-refractivity contribution in [3.05, 3.63) is 16.9 Å². The molecule has 2 unspecified atom stereocenters. The summed E-state index contributed by atoms with van der Waals surface area (Å²) in [5.74, 6) is 0. The first kappa shape index (κ1) is 14.8. The Balaban J connectivity index is 2.29. The normalized spacial score (nSPS) is 21.8. The summed E-state index contributed by atoms with van der Waals surface area (Å²) >= 11 is 6.36. The summed E-state index contributed by atoms with van der Waals surface area (Å²) in [6.07, 6.45) is 5.40. The third-order valence-electron chi connectivity index (χ3n) is 3.58. The Kier molecular flexibility index (Phi) is 5.25. The number of hydrogen-bond donors (Lipinski definition) is 1. The van der Waals surface area contributed by atoms with Gasteiger partial charge in [-0.3, -0.25) is 4.68 Å². The van der Waals surface area contributed by atoms with Gasteiger partial charge in [-0.1, -0.05) is 18.5 Å². The van der Waals surface area contributed by atoms with Crippen molar-refractivity contribution in [2.45, 2.75) is 58.2 Å². The van der Waals surface area contributed by atoms with E-state index in [0.717, 1.165) is 36.7 Å². The molecule has 4 nitrogen and oxygen atoms in total. The molecule has 1 aromatic rings. The zero-order valence-electron chi connectivity index (χ0n) is 12.0. The molecule has 0 radical (unpaired) electrons. The third kappa shape index (κ3) is 3.30. The molecule has 1 aliphatic heterocycles. The molecule has 0 aliphatic carbocycles. The maximum Gasteiger partial charge on any atom is 0.0835 e. The van der Waals surface area contributed by atoms with E-state index in [1.165, 1.54) is 6.42 Å². The van der Waals surface area contributed by atoms with Crippen LogP contribution in [0.15, 0.2) is 6.20 Å². The number of aromatic nitrogens is 2. The van der Waals surface area contributed by atoms with Gasteiger partial charge in [0.1, 0.15) is 0 Å². The minimum atomic E-state index is 0.128. The Morgan fingerprint density at radius 2 is 2.32 bits per heavy atom. The Bertz CT molecular complexity index is 399. The van der Waals surface area contributed by atoms with Crippen molar-refractivity contribution in [1.29, 1.82) is 0 Å². The first-order valence-corrected chi connectivity index (χ1v) is 7.60. The van der Waals surface area contributed by atoms with E-state index >= 15 is 0 Å².